The molecule has 2 N–H and O–H groups in total. The highest BCUT2D eigenvalue weighted by Gasteiger charge is 2.14. The van der Waals surface area contributed by atoms with E-state index in [1.165, 1.54) is 32.5 Å². The molecule has 2 amide bonds. The van der Waals surface area contributed by atoms with Gasteiger partial charge in [-0.2, -0.15) is 0 Å². The van der Waals surface area contributed by atoms with E-state index in [-0.39, 0.29) is 17.1 Å². The van der Waals surface area contributed by atoms with Crippen molar-refractivity contribution in [1.82, 2.24) is 4.98 Å². The summed E-state index contributed by atoms with van der Waals surface area (Å²) < 4.78 is 57.8. The standard InChI is InChI=1S/C24H18F3N3O4/c1-32-22-11-15-19(12-23(22)33-2)28-8-7-20(15)34-21-6-4-14(10-17(21)27)29-24(31)30-18-5-3-13(25)9-16(18)26/h3-12H,1-2H3,(H2,29,30,31)/i24-1. The molecular weight excluding hydrogens is 450 g/mol. The second kappa shape index (κ2) is 9.57. The zero-order chi connectivity index (χ0) is 24.2. The smallest absolute Gasteiger partial charge is 0.323 e. The first-order chi connectivity index (χ1) is 16.4. The van der Waals surface area contributed by atoms with Gasteiger partial charge in [0.25, 0.3) is 0 Å². The molecule has 0 saturated heterocycles. The van der Waals surface area contributed by atoms with Crippen LogP contribution in [0.2, 0.25) is 0 Å². The number of pyridine rings is 1. The summed E-state index contributed by atoms with van der Waals surface area (Å²) in [7, 11) is 3.00. The number of methoxy groups -OCH3 is 2. The molecule has 10 heteroatoms. The Bertz CT molecular complexity index is 1380. The maximum atomic E-state index is 14.7. The first-order valence-electron chi connectivity index (χ1n) is 9.89. The third-order valence-corrected chi connectivity index (χ3v) is 4.80. The summed E-state index contributed by atoms with van der Waals surface area (Å²) >= 11 is 0. The number of ether oxygens (including phenoxy) is 3. The Morgan fingerprint density at radius 3 is 2.26 bits per heavy atom. The molecule has 0 radical (unpaired) electrons. The van der Waals surface area contributed by atoms with Gasteiger partial charge in [0, 0.05) is 35.5 Å². The number of carbonyl (C=O) groups excluding carboxylic acids is 1. The second-order valence-corrected chi connectivity index (χ2v) is 6.98. The molecule has 0 aliphatic rings. The van der Waals surface area contributed by atoms with Gasteiger partial charge in [-0.15, -0.1) is 0 Å². The Labute approximate surface area is 192 Å². The Morgan fingerprint density at radius 1 is 0.794 bits per heavy atom. The van der Waals surface area contributed by atoms with Crippen LogP contribution in [0.25, 0.3) is 10.9 Å². The third kappa shape index (κ3) is 4.80. The Hall–Kier alpha value is -4.47. The number of fused-ring (bicyclic) bond motifs is 1. The minimum absolute atomic E-state index is 0.0934. The first kappa shape index (κ1) is 22.7. The molecule has 0 saturated carbocycles. The van der Waals surface area contributed by atoms with Gasteiger partial charge in [0.1, 0.15) is 17.4 Å². The van der Waals surface area contributed by atoms with Gasteiger partial charge in [-0.05, 0) is 36.4 Å². The van der Waals surface area contributed by atoms with E-state index in [1.54, 1.807) is 18.2 Å². The van der Waals surface area contributed by atoms with Gasteiger partial charge in [-0.1, -0.05) is 0 Å². The number of hydrogen-bond acceptors (Lipinski definition) is 5. The largest absolute Gasteiger partial charge is 0.493 e. The minimum Gasteiger partial charge on any atom is -0.493 e. The average Bonchev–Trinajstić information content (AvgIpc) is 2.82. The van der Waals surface area contributed by atoms with Crippen LogP contribution in [-0.2, 0) is 0 Å². The number of rotatable bonds is 6. The van der Waals surface area contributed by atoms with E-state index < -0.39 is 23.5 Å². The summed E-state index contributed by atoms with van der Waals surface area (Å²) in [6.45, 7) is 0. The highest BCUT2D eigenvalue weighted by Crippen LogP contribution is 2.37. The van der Waals surface area contributed by atoms with E-state index in [2.05, 4.69) is 15.6 Å². The van der Waals surface area contributed by atoms with Crippen LogP contribution >= 0.6 is 0 Å². The Balaban J connectivity index is 1.52. The zero-order valence-electron chi connectivity index (χ0n) is 18.0. The van der Waals surface area contributed by atoms with Crippen LogP contribution < -0.4 is 24.8 Å². The normalized spacial score (nSPS) is 10.6. The molecule has 0 bridgehead atoms. The van der Waals surface area contributed by atoms with E-state index in [0.717, 1.165) is 18.2 Å². The fourth-order valence-electron chi connectivity index (χ4n) is 3.19. The topological polar surface area (TPSA) is 81.7 Å². The molecule has 174 valence electrons. The predicted octanol–water partition coefficient (Wildman–Crippen LogP) is 6.11. The van der Waals surface area contributed by atoms with Crippen molar-refractivity contribution in [2.75, 3.05) is 24.9 Å². The van der Waals surface area contributed by atoms with Gasteiger partial charge in [0.05, 0.1) is 25.4 Å². The van der Waals surface area contributed by atoms with Crippen molar-refractivity contribution >= 4 is 28.3 Å². The van der Waals surface area contributed by atoms with Crippen molar-refractivity contribution in [3.8, 4) is 23.0 Å². The summed E-state index contributed by atoms with van der Waals surface area (Å²) in [5, 5.41) is 5.17. The number of carbonyl (C=O) groups is 1. The van der Waals surface area contributed by atoms with Crippen molar-refractivity contribution in [3.63, 3.8) is 0 Å². The SMILES string of the molecule is COc1cc2nccc(Oc3ccc(N[11C](=O)Nc4ccc(F)cc4F)cc3F)c2cc1OC. The van der Waals surface area contributed by atoms with Crippen LogP contribution in [0.15, 0.2) is 60.8 Å². The van der Waals surface area contributed by atoms with E-state index in [1.807, 2.05) is 0 Å². The van der Waals surface area contributed by atoms with Crippen molar-refractivity contribution in [3.05, 3.63) is 78.2 Å². The molecule has 3 aromatic carbocycles. The number of halogens is 3. The van der Waals surface area contributed by atoms with Crippen LogP contribution in [0.5, 0.6) is 23.0 Å². The number of anilines is 2. The van der Waals surface area contributed by atoms with Crippen LogP contribution in [0.1, 0.15) is 0 Å². The van der Waals surface area contributed by atoms with Crippen molar-refractivity contribution in [2.24, 2.45) is 0 Å². The maximum Gasteiger partial charge on any atom is 0.323 e. The summed E-state index contributed by atoms with van der Waals surface area (Å²) in [5.74, 6) is -1.30. The maximum absolute atomic E-state index is 14.7. The molecule has 0 aliphatic carbocycles. The second-order valence-electron chi connectivity index (χ2n) is 6.98. The lowest BCUT2D eigenvalue weighted by Gasteiger charge is -2.13. The lowest BCUT2D eigenvalue weighted by Crippen LogP contribution is -2.20. The first-order valence-corrected chi connectivity index (χ1v) is 9.89. The lowest BCUT2D eigenvalue weighted by molar-refractivity contribution is 0.262. The highest BCUT2D eigenvalue weighted by atomic mass is 19.1. The number of amides is 2. The monoisotopic (exact) mass is 468 g/mol. The van der Waals surface area contributed by atoms with E-state index >= 15 is 0 Å². The van der Waals surface area contributed by atoms with Gasteiger partial charge in [-0.25, -0.2) is 18.0 Å². The highest BCUT2D eigenvalue weighted by molar-refractivity contribution is 5.99. The number of urea groups is 1. The summed E-state index contributed by atoms with van der Waals surface area (Å²) in [6, 6.07) is 10.6. The summed E-state index contributed by atoms with van der Waals surface area (Å²) in [5.41, 5.74) is 0.422. The summed E-state index contributed by atoms with van der Waals surface area (Å²) in [6.07, 6.45) is 1.51. The third-order valence-electron chi connectivity index (χ3n) is 4.80. The fraction of sp³-hybridized carbons (Fsp3) is 0.0833. The molecule has 0 unspecified atom stereocenters. The van der Waals surface area contributed by atoms with Crippen LogP contribution in [-0.4, -0.2) is 25.2 Å². The molecule has 0 atom stereocenters. The summed E-state index contributed by atoms with van der Waals surface area (Å²) in [4.78, 5) is 16.4. The fourth-order valence-corrected chi connectivity index (χ4v) is 3.19. The van der Waals surface area contributed by atoms with Gasteiger partial charge < -0.3 is 24.8 Å². The average molecular weight is 468 g/mol. The molecule has 4 rings (SSSR count). The minimum atomic E-state index is -0.941. The van der Waals surface area contributed by atoms with Crippen LogP contribution in [0.3, 0.4) is 0 Å². The molecule has 4 aromatic rings. The lowest BCUT2D eigenvalue weighted by atomic mass is 10.1. The number of nitrogens with zero attached hydrogens (tertiary/aromatic N) is 1. The molecule has 1 aromatic heterocycles. The molecule has 0 spiro atoms. The van der Waals surface area contributed by atoms with Gasteiger partial charge >= 0.3 is 6.03 Å². The van der Waals surface area contributed by atoms with Crippen LogP contribution in [0.4, 0.5) is 29.3 Å². The number of nitrogens with one attached hydrogen (secondary N) is 2. The van der Waals surface area contributed by atoms with Gasteiger partial charge in [-0.3, -0.25) is 4.98 Å². The predicted molar refractivity (Wildman–Crippen MR) is 120 cm³/mol. The van der Waals surface area contributed by atoms with E-state index in [9.17, 15) is 18.0 Å². The van der Waals surface area contributed by atoms with E-state index in [4.69, 9.17) is 14.2 Å². The molecule has 34 heavy (non-hydrogen) atoms. The van der Waals surface area contributed by atoms with Gasteiger partial charge in [0.2, 0.25) is 0 Å². The molecule has 0 aliphatic heterocycles. The number of aromatic nitrogens is 1. The Morgan fingerprint density at radius 2 is 1.56 bits per heavy atom. The molecule has 1 heterocycles. The Kier molecular flexibility index (Phi) is 6.39. The van der Waals surface area contributed by atoms with Gasteiger partial charge in [0.15, 0.2) is 23.1 Å². The van der Waals surface area contributed by atoms with E-state index in [0.29, 0.717) is 34.2 Å². The quantitative estimate of drug-likeness (QED) is 0.357. The molecular formula is C24H18F3N3O4. The number of benzene rings is 3. The molecule has 7 nitrogen and oxygen atoms in total. The van der Waals surface area contributed by atoms with Crippen molar-refractivity contribution in [2.45, 2.75) is 0 Å². The van der Waals surface area contributed by atoms with Crippen LogP contribution in [0, 0.1) is 17.5 Å². The number of hydrogen-bond donors (Lipinski definition) is 2. The van der Waals surface area contributed by atoms with Crippen molar-refractivity contribution < 1.29 is 32.2 Å². The zero-order valence-corrected chi connectivity index (χ0v) is 18.0. The van der Waals surface area contributed by atoms with Crippen molar-refractivity contribution in [1.29, 1.82) is 0 Å². The molecule has 0 fully saturated rings.